The van der Waals surface area contributed by atoms with Gasteiger partial charge < -0.3 is 8.92 Å². The molecule has 0 aliphatic carbocycles. The highest BCUT2D eigenvalue weighted by Crippen LogP contribution is 2.21. The summed E-state index contributed by atoms with van der Waals surface area (Å²) in [6.07, 6.45) is 14.5. The number of aryl methyl sites for hydroxylation is 1. The van der Waals surface area contributed by atoms with Gasteiger partial charge in [-0.2, -0.15) is 0 Å². The van der Waals surface area contributed by atoms with E-state index in [4.69, 9.17) is 4.74 Å². The smallest absolute Gasteiger partial charge is 0.350 e. The molecule has 1 rings (SSSR count). The first kappa shape index (κ1) is 25.5. The monoisotopic (exact) mass is 422 g/mol. The van der Waals surface area contributed by atoms with Crippen LogP contribution in [0.15, 0.2) is 18.2 Å². The molecule has 0 aliphatic rings. The molecule has 0 aliphatic heterocycles. The SMILES string of the molecule is CCCCCCCCOC(=O)c1c(CCCCCCCC)cccc1C(=O)OS. The van der Waals surface area contributed by atoms with Crippen molar-refractivity contribution in [3.63, 3.8) is 0 Å². The van der Waals surface area contributed by atoms with E-state index in [1.807, 2.05) is 6.07 Å². The lowest BCUT2D eigenvalue weighted by Gasteiger charge is -2.13. The fourth-order valence-electron chi connectivity index (χ4n) is 3.48. The lowest BCUT2D eigenvalue weighted by molar-refractivity contribution is 0.0489. The minimum Gasteiger partial charge on any atom is -0.462 e. The average Bonchev–Trinajstić information content (AvgIpc) is 2.74. The van der Waals surface area contributed by atoms with Crippen LogP contribution in [0.5, 0.6) is 0 Å². The number of thiol groups is 1. The molecule has 0 spiro atoms. The standard InChI is InChI=1S/C24H38O4S/c1-3-5-7-9-11-13-16-20-17-15-18-21(23(25)28-29)22(20)24(26)27-19-14-12-10-8-6-4-2/h15,17-18,29H,3-14,16,19H2,1-2H3. The predicted molar refractivity (Wildman–Crippen MR) is 122 cm³/mol. The van der Waals surface area contributed by atoms with Crippen molar-refractivity contribution in [1.82, 2.24) is 0 Å². The van der Waals surface area contributed by atoms with Gasteiger partial charge in [-0.05, 0) is 30.9 Å². The van der Waals surface area contributed by atoms with Crippen molar-refractivity contribution in [2.75, 3.05) is 6.61 Å². The number of unbranched alkanes of at least 4 members (excludes halogenated alkanes) is 10. The van der Waals surface area contributed by atoms with Gasteiger partial charge in [0.1, 0.15) is 0 Å². The molecule has 0 saturated heterocycles. The fourth-order valence-corrected chi connectivity index (χ4v) is 3.58. The van der Waals surface area contributed by atoms with Crippen LogP contribution < -0.4 is 0 Å². The van der Waals surface area contributed by atoms with Crippen molar-refractivity contribution >= 4 is 24.8 Å². The Morgan fingerprint density at radius 1 is 0.793 bits per heavy atom. The third kappa shape index (κ3) is 10.2. The summed E-state index contributed by atoms with van der Waals surface area (Å²) in [5.74, 6) is -1.06. The quantitative estimate of drug-likeness (QED) is 0.133. The van der Waals surface area contributed by atoms with Gasteiger partial charge in [0.25, 0.3) is 0 Å². The van der Waals surface area contributed by atoms with Gasteiger partial charge >= 0.3 is 11.9 Å². The molecule has 0 heterocycles. The number of rotatable bonds is 16. The van der Waals surface area contributed by atoms with Gasteiger partial charge in [0.05, 0.1) is 17.7 Å². The highest BCUT2D eigenvalue weighted by atomic mass is 32.1. The van der Waals surface area contributed by atoms with Crippen LogP contribution >= 0.6 is 12.9 Å². The number of benzene rings is 1. The van der Waals surface area contributed by atoms with Crippen LogP contribution in [0.4, 0.5) is 0 Å². The van der Waals surface area contributed by atoms with Crippen molar-refractivity contribution in [2.45, 2.75) is 97.3 Å². The van der Waals surface area contributed by atoms with Crippen molar-refractivity contribution in [3.05, 3.63) is 34.9 Å². The Balaban J connectivity index is 2.67. The van der Waals surface area contributed by atoms with Crippen LogP contribution in [0.25, 0.3) is 0 Å². The third-order valence-corrected chi connectivity index (χ3v) is 5.35. The van der Waals surface area contributed by atoms with Crippen molar-refractivity contribution < 1.29 is 18.5 Å². The number of hydrogen-bond donors (Lipinski definition) is 1. The van der Waals surface area contributed by atoms with Crippen molar-refractivity contribution in [2.24, 2.45) is 0 Å². The molecule has 0 radical (unpaired) electrons. The van der Waals surface area contributed by atoms with E-state index in [9.17, 15) is 9.59 Å². The van der Waals surface area contributed by atoms with Gasteiger partial charge in [0.15, 0.2) is 0 Å². The molecule has 164 valence electrons. The Labute approximate surface area is 182 Å². The Kier molecular flexibility index (Phi) is 14.4. The highest BCUT2D eigenvalue weighted by molar-refractivity contribution is 7.75. The summed E-state index contributed by atoms with van der Waals surface area (Å²) in [5.41, 5.74) is 1.42. The third-order valence-electron chi connectivity index (χ3n) is 5.19. The molecule has 0 N–H and O–H groups in total. The van der Waals surface area contributed by atoms with Gasteiger partial charge in [-0.1, -0.05) is 90.2 Å². The number of carbonyl (C=O) groups is 2. The first-order chi connectivity index (χ1) is 14.2. The van der Waals surface area contributed by atoms with E-state index >= 15 is 0 Å². The molecule has 1 aromatic carbocycles. The minimum absolute atomic E-state index is 0.233. The summed E-state index contributed by atoms with van der Waals surface area (Å²) in [7, 11) is 0. The Hall–Kier alpha value is -1.49. The zero-order chi connectivity index (χ0) is 21.3. The van der Waals surface area contributed by atoms with Gasteiger partial charge in [-0.3, -0.25) is 0 Å². The summed E-state index contributed by atoms with van der Waals surface area (Å²) in [6, 6.07) is 5.30. The molecular weight excluding hydrogens is 384 g/mol. The van der Waals surface area contributed by atoms with E-state index in [2.05, 4.69) is 30.9 Å². The Bertz CT molecular complexity index is 601. The van der Waals surface area contributed by atoms with Crippen LogP contribution in [0.3, 0.4) is 0 Å². The largest absolute Gasteiger partial charge is 0.462 e. The van der Waals surface area contributed by atoms with Crippen molar-refractivity contribution in [3.8, 4) is 0 Å². The molecule has 0 saturated carbocycles. The number of hydrogen-bond acceptors (Lipinski definition) is 5. The maximum Gasteiger partial charge on any atom is 0.350 e. The van der Waals surface area contributed by atoms with Gasteiger partial charge in [0, 0.05) is 12.9 Å². The summed E-state index contributed by atoms with van der Waals surface area (Å²) in [4.78, 5) is 24.9. The molecule has 1 aromatic rings. The molecule has 29 heavy (non-hydrogen) atoms. The van der Waals surface area contributed by atoms with E-state index < -0.39 is 11.9 Å². The molecule has 5 heteroatoms. The number of esters is 1. The summed E-state index contributed by atoms with van der Waals surface area (Å²) in [6.45, 7) is 4.78. The summed E-state index contributed by atoms with van der Waals surface area (Å²) in [5, 5.41) is 0. The topological polar surface area (TPSA) is 52.6 Å². The maximum atomic E-state index is 12.8. The molecule has 0 unspecified atom stereocenters. The van der Waals surface area contributed by atoms with Crippen LogP contribution in [-0.2, 0) is 15.3 Å². The van der Waals surface area contributed by atoms with Crippen LogP contribution in [0.2, 0.25) is 0 Å². The number of carbonyl (C=O) groups excluding carboxylic acids is 2. The fraction of sp³-hybridized carbons (Fsp3) is 0.667. The molecular formula is C24H38O4S. The number of ether oxygens (including phenoxy) is 1. The van der Waals surface area contributed by atoms with E-state index in [1.54, 1.807) is 12.1 Å². The maximum absolute atomic E-state index is 12.8. The van der Waals surface area contributed by atoms with Crippen molar-refractivity contribution in [1.29, 1.82) is 0 Å². The first-order valence-corrected chi connectivity index (χ1v) is 11.7. The van der Waals surface area contributed by atoms with E-state index in [1.165, 1.54) is 44.9 Å². The second kappa shape index (κ2) is 16.3. The van der Waals surface area contributed by atoms with E-state index in [0.29, 0.717) is 12.2 Å². The van der Waals surface area contributed by atoms with Gasteiger partial charge in [0.2, 0.25) is 0 Å². The van der Waals surface area contributed by atoms with Crippen LogP contribution in [0.1, 0.15) is 117 Å². The Morgan fingerprint density at radius 3 is 2.00 bits per heavy atom. The molecule has 0 aromatic heterocycles. The average molecular weight is 423 g/mol. The predicted octanol–water partition coefficient (Wildman–Crippen LogP) is 7.11. The second-order valence-electron chi connectivity index (χ2n) is 7.64. The highest BCUT2D eigenvalue weighted by Gasteiger charge is 2.22. The van der Waals surface area contributed by atoms with Crippen LogP contribution in [-0.4, -0.2) is 18.5 Å². The van der Waals surface area contributed by atoms with Gasteiger partial charge in [-0.15, -0.1) is 0 Å². The molecule has 0 fully saturated rings. The minimum atomic E-state index is -0.621. The zero-order valence-electron chi connectivity index (χ0n) is 18.2. The summed E-state index contributed by atoms with van der Waals surface area (Å²) < 4.78 is 10.1. The molecule has 0 atom stereocenters. The molecule has 0 bridgehead atoms. The second-order valence-corrected chi connectivity index (χ2v) is 7.82. The summed E-state index contributed by atoms with van der Waals surface area (Å²) >= 11 is 3.62. The molecule has 4 nitrogen and oxygen atoms in total. The Morgan fingerprint density at radius 2 is 1.38 bits per heavy atom. The lowest BCUT2D eigenvalue weighted by Crippen LogP contribution is -2.16. The van der Waals surface area contributed by atoms with Crippen LogP contribution in [0, 0.1) is 0 Å². The van der Waals surface area contributed by atoms with E-state index in [-0.39, 0.29) is 5.56 Å². The zero-order valence-corrected chi connectivity index (χ0v) is 19.1. The molecule has 0 amide bonds. The lowest BCUT2D eigenvalue weighted by atomic mass is 9.96. The van der Waals surface area contributed by atoms with Gasteiger partial charge in [-0.25, -0.2) is 9.59 Å². The van der Waals surface area contributed by atoms with E-state index in [0.717, 1.165) is 44.1 Å². The first-order valence-electron chi connectivity index (χ1n) is 11.3. The normalized spacial score (nSPS) is 10.7.